The van der Waals surface area contributed by atoms with Crippen LogP contribution in [-0.2, 0) is 4.74 Å². The van der Waals surface area contributed by atoms with Crippen LogP contribution in [-0.4, -0.2) is 19.0 Å². The van der Waals surface area contributed by atoms with Crippen LogP contribution in [0.15, 0.2) is 0 Å². The van der Waals surface area contributed by atoms with Crippen LogP contribution in [0.2, 0.25) is 0 Å². The SMILES string of the molecule is CCCCCOCC[S]. The van der Waals surface area contributed by atoms with E-state index < -0.39 is 0 Å². The minimum atomic E-state index is 0.728. The summed E-state index contributed by atoms with van der Waals surface area (Å²) in [4.78, 5) is 0. The molecule has 0 rings (SSSR count). The fourth-order valence-corrected chi connectivity index (χ4v) is 0.733. The number of unbranched alkanes of at least 4 members (excludes halogenated alkanes) is 2. The van der Waals surface area contributed by atoms with Crippen molar-refractivity contribution in [3.8, 4) is 0 Å². The van der Waals surface area contributed by atoms with Crippen LogP contribution >= 0.6 is 12.6 Å². The summed E-state index contributed by atoms with van der Waals surface area (Å²) in [6, 6.07) is 0. The van der Waals surface area contributed by atoms with E-state index in [1.54, 1.807) is 0 Å². The summed E-state index contributed by atoms with van der Waals surface area (Å²) < 4.78 is 5.18. The number of rotatable bonds is 6. The molecule has 0 saturated heterocycles. The van der Waals surface area contributed by atoms with Crippen LogP contribution in [0.25, 0.3) is 0 Å². The van der Waals surface area contributed by atoms with Gasteiger partial charge in [-0.1, -0.05) is 32.4 Å². The van der Waals surface area contributed by atoms with E-state index in [1.165, 1.54) is 19.3 Å². The van der Waals surface area contributed by atoms with Crippen LogP contribution in [0, 0.1) is 0 Å². The molecule has 0 bridgehead atoms. The number of hydrogen-bond acceptors (Lipinski definition) is 1. The average Bonchev–Trinajstić information content (AvgIpc) is 1.89. The van der Waals surface area contributed by atoms with Crippen molar-refractivity contribution >= 4 is 12.6 Å². The van der Waals surface area contributed by atoms with Crippen molar-refractivity contribution < 1.29 is 4.74 Å². The number of hydrogen-bond donors (Lipinski definition) is 0. The average molecular weight is 147 g/mol. The highest BCUT2D eigenvalue weighted by molar-refractivity contribution is 7.80. The molecule has 0 spiro atoms. The Labute approximate surface area is 63.2 Å². The third-order valence-corrected chi connectivity index (χ3v) is 1.29. The van der Waals surface area contributed by atoms with Gasteiger partial charge < -0.3 is 4.74 Å². The Kier molecular flexibility index (Phi) is 8.60. The molecule has 0 aliphatic rings. The van der Waals surface area contributed by atoms with Gasteiger partial charge >= 0.3 is 0 Å². The summed E-state index contributed by atoms with van der Waals surface area (Å²) in [5, 5.41) is 0. The molecule has 55 valence electrons. The highest BCUT2D eigenvalue weighted by atomic mass is 32.1. The van der Waals surface area contributed by atoms with Gasteiger partial charge in [-0.3, -0.25) is 0 Å². The smallest absolute Gasteiger partial charge is 0.0565 e. The topological polar surface area (TPSA) is 9.23 Å². The van der Waals surface area contributed by atoms with Gasteiger partial charge in [0.2, 0.25) is 0 Å². The summed E-state index contributed by atoms with van der Waals surface area (Å²) in [6.45, 7) is 3.83. The Morgan fingerprint density at radius 2 is 2.00 bits per heavy atom. The van der Waals surface area contributed by atoms with Crippen LogP contribution in [0.1, 0.15) is 26.2 Å². The van der Waals surface area contributed by atoms with E-state index in [0.29, 0.717) is 0 Å². The van der Waals surface area contributed by atoms with Crippen molar-refractivity contribution in [1.29, 1.82) is 0 Å². The Bertz CT molecular complexity index is 42.2. The largest absolute Gasteiger partial charge is 0.381 e. The summed E-state index contributed by atoms with van der Waals surface area (Å²) in [7, 11) is 0. The van der Waals surface area contributed by atoms with Crippen molar-refractivity contribution in [1.82, 2.24) is 0 Å². The van der Waals surface area contributed by atoms with Crippen molar-refractivity contribution in [2.45, 2.75) is 26.2 Å². The van der Waals surface area contributed by atoms with E-state index in [9.17, 15) is 0 Å². The molecule has 0 saturated carbocycles. The van der Waals surface area contributed by atoms with Gasteiger partial charge in [0.05, 0.1) is 6.61 Å². The van der Waals surface area contributed by atoms with Gasteiger partial charge in [0, 0.05) is 12.4 Å². The van der Waals surface area contributed by atoms with E-state index in [-0.39, 0.29) is 0 Å². The first-order valence-electron chi connectivity index (χ1n) is 3.57. The molecule has 0 aliphatic heterocycles. The molecule has 2 heteroatoms. The molecule has 0 aromatic rings. The lowest BCUT2D eigenvalue weighted by Gasteiger charge is -1.98. The van der Waals surface area contributed by atoms with Gasteiger partial charge in [-0.15, -0.1) is 0 Å². The van der Waals surface area contributed by atoms with Gasteiger partial charge in [0.1, 0.15) is 0 Å². The zero-order valence-corrected chi connectivity index (χ0v) is 6.88. The number of ether oxygens (including phenoxy) is 1. The quantitative estimate of drug-likeness (QED) is 0.524. The zero-order chi connectivity index (χ0) is 6.95. The lowest BCUT2D eigenvalue weighted by atomic mass is 10.3. The fourth-order valence-electron chi connectivity index (χ4n) is 0.615. The first kappa shape index (κ1) is 9.31. The predicted molar refractivity (Wildman–Crippen MR) is 42.8 cm³/mol. The molecule has 0 N–H and O–H groups in total. The molecule has 1 radical (unpaired) electrons. The normalized spacial score (nSPS) is 10.0. The van der Waals surface area contributed by atoms with Crippen LogP contribution in [0.3, 0.4) is 0 Å². The molecule has 0 amide bonds. The van der Waals surface area contributed by atoms with Gasteiger partial charge in [0.25, 0.3) is 0 Å². The monoisotopic (exact) mass is 147 g/mol. The van der Waals surface area contributed by atoms with Crippen LogP contribution in [0.5, 0.6) is 0 Å². The molecule has 1 nitrogen and oxygen atoms in total. The first-order valence-corrected chi connectivity index (χ1v) is 4.15. The van der Waals surface area contributed by atoms with E-state index in [2.05, 4.69) is 6.92 Å². The molecule has 0 unspecified atom stereocenters. The molecule has 0 aromatic carbocycles. The maximum absolute atomic E-state index is 5.18. The molecule has 0 aromatic heterocycles. The van der Waals surface area contributed by atoms with E-state index in [1.807, 2.05) is 0 Å². The Morgan fingerprint density at radius 3 is 2.56 bits per heavy atom. The second-order valence-corrected chi connectivity index (χ2v) is 2.43. The third kappa shape index (κ3) is 8.31. The first-order chi connectivity index (χ1) is 4.41. The Balaban J connectivity index is 2.60. The third-order valence-electron chi connectivity index (χ3n) is 1.12. The van der Waals surface area contributed by atoms with E-state index >= 15 is 0 Å². The van der Waals surface area contributed by atoms with Gasteiger partial charge in [-0.05, 0) is 6.42 Å². The highest BCUT2D eigenvalue weighted by Gasteiger charge is 1.85. The summed E-state index contributed by atoms with van der Waals surface area (Å²) in [5.41, 5.74) is 0. The van der Waals surface area contributed by atoms with E-state index in [0.717, 1.165) is 19.0 Å². The highest BCUT2D eigenvalue weighted by Crippen LogP contribution is 1.93. The molecule has 0 heterocycles. The maximum atomic E-state index is 5.18. The van der Waals surface area contributed by atoms with Crippen molar-refractivity contribution in [2.75, 3.05) is 19.0 Å². The molecule has 0 aliphatic carbocycles. The second kappa shape index (κ2) is 8.31. The van der Waals surface area contributed by atoms with Gasteiger partial charge in [0.15, 0.2) is 0 Å². The summed E-state index contributed by atoms with van der Waals surface area (Å²) >= 11 is 4.70. The van der Waals surface area contributed by atoms with Crippen LogP contribution in [0.4, 0.5) is 0 Å². The lowest BCUT2D eigenvalue weighted by Crippen LogP contribution is -1.97. The molecule has 9 heavy (non-hydrogen) atoms. The molecule has 0 atom stereocenters. The predicted octanol–water partition coefficient (Wildman–Crippen LogP) is 2.39. The molecular formula is C7H15OS. The summed E-state index contributed by atoms with van der Waals surface area (Å²) in [6.07, 6.45) is 3.72. The maximum Gasteiger partial charge on any atom is 0.0565 e. The van der Waals surface area contributed by atoms with Crippen molar-refractivity contribution in [3.63, 3.8) is 0 Å². The Morgan fingerprint density at radius 1 is 1.22 bits per heavy atom. The van der Waals surface area contributed by atoms with Crippen LogP contribution < -0.4 is 0 Å². The summed E-state index contributed by atoms with van der Waals surface area (Å²) in [5.74, 6) is 0.728. The van der Waals surface area contributed by atoms with E-state index in [4.69, 9.17) is 17.4 Å². The minimum absolute atomic E-state index is 0.728. The van der Waals surface area contributed by atoms with Crippen molar-refractivity contribution in [3.05, 3.63) is 0 Å². The fraction of sp³-hybridized carbons (Fsp3) is 1.00. The standard InChI is InChI=1S/C7H15OS/c1-2-3-4-5-8-6-7-9/h2-7H2,1H3. The lowest BCUT2D eigenvalue weighted by molar-refractivity contribution is 0.146. The second-order valence-electron chi connectivity index (χ2n) is 2.02. The van der Waals surface area contributed by atoms with Crippen molar-refractivity contribution in [2.24, 2.45) is 0 Å². The van der Waals surface area contributed by atoms with Gasteiger partial charge in [-0.25, -0.2) is 0 Å². The Hall–Kier alpha value is 0.310. The van der Waals surface area contributed by atoms with Gasteiger partial charge in [-0.2, -0.15) is 0 Å². The zero-order valence-electron chi connectivity index (χ0n) is 6.06. The molecule has 0 fully saturated rings. The minimum Gasteiger partial charge on any atom is -0.381 e. The molecular weight excluding hydrogens is 132 g/mol.